The molecule has 0 N–H and O–H groups in total. The molecule has 2 nitrogen and oxygen atoms in total. The summed E-state index contributed by atoms with van der Waals surface area (Å²) < 4.78 is 107. The lowest BCUT2D eigenvalue weighted by Gasteiger charge is -2.27. The molecule has 0 saturated carbocycles. The maximum absolute atomic E-state index is 14.5. The fourth-order valence-corrected chi connectivity index (χ4v) is 3.44. The van der Waals surface area contributed by atoms with E-state index in [0.29, 0.717) is 24.2 Å². The second-order valence-corrected chi connectivity index (χ2v) is 7.95. The summed E-state index contributed by atoms with van der Waals surface area (Å²) in [5.74, 6) is -9.82. The van der Waals surface area contributed by atoms with E-state index in [2.05, 4.69) is 18.2 Å². The monoisotopic (exact) mass is 486 g/mol. The zero-order valence-electron chi connectivity index (χ0n) is 18.1. The number of allylic oxidation sites excluding steroid dienone is 2. The average molecular weight is 486 g/mol. The fourth-order valence-electron chi connectivity index (χ4n) is 3.44. The maximum atomic E-state index is 14.5. The van der Waals surface area contributed by atoms with Gasteiger partial charge in [-0.15, -0.1) is 0 Å². The van der Waals surface area contributed by atoms with Gasteiger partial charge in [0.2, 0.25) is 0 Å². The van der Waals surface area contributed by atoms with Gasteiger partial charge in [0.1, 0.15) is 23.0 Å². The van der Waals surface area contributed by atoms with Crippen LogP contribution in [0.1, 0.15) is 37.0 Å². The highest BCUT2D eigenvalue weighted by Gasteiger charge is 2.42. The third kappa shape index (κ3) is 6.08. The van der Waals surface area contributed by atoms with Gasteiger partial charge in [0.05, 0.1) is 6.10 Å². The van der Waals surface area contributed by atoms with Crippen LogP contribution >= 0.6 is 0 Å². The Morgan fingerprint density at radius 3 is 2.21 bits per heavy atom. The van der Waals surface area contributed by atoms with Crippen molar-refractivity contribution in [2.75, 3.05) is 6.61 Å². The fraction of sp³-hybridized carbons (Fsp3) is 0.280. The maximum Gasteiger partial charge on any atom is 0.432 e. The first-order valence-electron chi connectivity index (χ1n) is 10.3. The highest BCUT2D eigenvalue weighted by atomic mass is 19.3. The van der Waals surface area contributed by atoms with Crippen LogP contribution in [0.25, 0.3) is 6.08 Å². The quantitative estimate of drug-likeness (QED) is 0.224. The molecule has 2 aromatic rings. The van der Waals surface area contributed by atoms with E-state index < -0.39 is 46.5 Å². The van der Waals surface area contributed by atoms with E-state index in [1.807, 2.05) is 0 Å². The zero-order valence-corrected chi connectivity index (χ0v) is 18.1. The van der Waals surface area contributed by atoms with Crippen LogP contribution in [0.2, 0.25) is 0 Å². The second kappa shape index (κ2) is 10.5. The molecule has 0 spiro atoms. The predicted octanol–water partition coefficient (Wildman–Crippen LogP) is 7.98. The SMILES string of the molecule is C=C(F)/C(=C(F)\C=C\c1ccc(C2CCC(C)CO2)cc1)C(F)(F)Oc1cc(F)c(F)c(F)c1. The predicted molar refractivity (Wildman–Crippen MR) is 113 cm³/mol. The van der Waals surface area contributed by atoms with Gasteiger partial charge in [-0.25, -0.2) is 22.0 Å². The van der Waals surface area contributed by atoms with E-state index in [9.17, 15) is 30.7 Å². The van der Waals surface area contributed by atoms with Crippen LogP contribution in [-0.2, 0) is 4.74 Å². The minimum absolute atomic E-state index is 0.0655. The molecular formula is C25H21F7O2. The summed E-state index contributed by atoms with van der Waals surface area (Å²) in [6.45, 7) is 5.42. The van der Waals surface area contributed by atoms with Crippen molar-refractivity contribution >= 4 is 6.08 Å². The smallest absolute Gasteiger partial charge is 0.429 e. The Bertz CT molecular complexity index is 1080. The number of alkyl halides is 2. The molecule has 1 aliphatic rings. The minimum Gasteiger partial charge on any atom is -0.429 e. The van der Waals surface area contributed by atoms with Gasteiger partial charge in [0.25, 0.3) is 0 Å². The number of ether oxygens (including phenoxy) is 2. The summed E-state index contributed by atoms with van der Waals surface area (Å²) in [6, 6.07) is 6.98. The summed E-state index contributed by atoms with van der Waals surface area (Å²) in [7, 11) is 0. The third-order valence-corrected chi connectivity index (χ3v) is 5.24. The van der Waals surface area contributed by atoms with Crippen molar-refractivity contribution in [1.29, 1.82) is 0 Å². The van der Waals surface area contributed by atoms with Crippen molar-refractivity contribution in [3.8, 4) is 5.75 Å². The van der Waals surface area contributed by atoms with E-state index in [0.717, 1.165) is 24.5 Å². The van der Waals surface area contributed by atoms with Crippen LogP contribution in [0.4, 0.5) is 30.7 Å². The average Bonchev–Trinajstić information content (AvgIpc) is 2.76. The van der Waals surface area contributed by atoms with Crippen molar-refractivity contribution in [1.82, 2.24) is 0 Å². The Kier molecular flexibility index (Phi) is 7.86. The zero-order chi connectivity index (χ0) is 25.0. The molecule has 1 heterocycles. The van der Waals surface area contributed by atoms with Crippen LogP contribution in [-0.4, -0.2) is 12.7 Å². The summed E-state index contributed by atoms with van der Waals surface area (Å²) in [5.41, 5.74) is -0.536. The van der Waals surface area contributed by atoms with Gasteiger partial charge in [-0.1, -0.05) is 43.8 Å². The number of benzene rings is 2. The van der Waals surface area contributed by atoms with Gasteiger partial charge in [0, 0.05) is 18.7 Å². The molecule has 9 heteroatoms. The molecule has 0 bridgehead atoms. The van der Waals surface area contributed by atoms with Crippen molar-refractivity contribution < 1.29 is 40.2 Å². The van der Waals surface area contributed by atoms with E-state index in [4.69, 9.17) is 4.74 Å². The molecule has 3 rings (SSSR count). The normalized spacial score (nSPS) is 19.8. The highest BCUT2D eigenvalue weighted by molar-refractivity contribution is 5.54. The van der Waals surface area contributed by atoms with Crippen LogP contribution < -0.4 is 4.74 Å². The van der Waals surface area contributed by atoms with Crippen molar-refractivity contribution in [2.45, 2.75) is 32.0 Å². The van der Waals surface area contributed by atoms with Gasteiger partial charge in [-0.2, -0.15) is 8.78 Å². The molecule has 0 amide bonds. The molecule has 1 aliphatic heterocycles. The molecule has 1 saturated heterocycles. The lowest BCUT2D eigenvalue weighted by Crippen LogP contribution is -2.28. The minimum atomic E-state index is -4.71. The van der Waals surface area contributed by atoms with Crippen molar-refractivity contribution in [3.05, 3.63) is 94.9 Å². The van der Waals surface area contributed by atoms with E-state index in [1.54, 1.807) is 24.3 Å². The molecule has 2 atom stereocenters. The molecular weight excluding hydrogens is 465 g/mol. The molecule has 0 aromatic heterocycles. The summed E-state index contributed by atoms with van der Waals surface area (Å²) >= 11 is 0. The second-order valence-electron chi connectivity index (χ2n) is 7.95. The molecule has 34 heavy (non-hydrogen) atoms. The molecule has 182 valence electrons. The van der Waals surface area contributed by atoms with Crippen LogP contribution in [0, 0.1) is 23.4 Å². The number of hydrogen-bond acceptors (Lipinski definition) is 2. The molecule has 2 aromatic carbocycles. The first-order chi connectivity index (χ1) is 16.0. The van der Waals surface area contributed by atoms with Gasteiger partial charge >= 0.3 is 6.11 Å². The largest absolute Gasteiger partial charge is 0.432 e. The third-order valence-electron chi connectivity index (χ3n) is 5.24. The van der Waals surface area contributed by atoms with Gasteiger partial charge in [0.15, 0.2) is 17.5 Å². The molecule has 0 aliphatic carbocycles. The van der Waals surface area contributed by atoms with Crippen molar-refractivity contribution in [2.24, 2.45) is 5.92 Å². The Morgan fingerprint density at radius 2 is 1.68 bits per heavy atom. The van der Waals surface area contributed by atoms with E-state index in [-0.39, 0.29) is 18.2 Å². The number of rotatable bonds is 7. The standard InChI is InChI=1S/C25H21F7O2/c1-14-3-10-22(33-13-14)17-7-4-16(5-8-17)6-9-19(27)23(15(2)26)25(31,32)34-18-11-20(28)24(30)21(29)12-18/h4-9,11-12,14,22H,2-3,10,13H2,1H3/b9-6+,23-19-. The Hall–Kier alpha value is -3.07. The summed E-state index contributed by atoms with van der Waals surface area (Å²) in [6.07, 6.45) is -1.20. The Labute approximate surface area is 192 Å². The first-order valence-corrected chi connectivity index (χ1v) is 10.3. The Morgan fingerprint density at radius 1 is 1.06 bits per heavy atom. The number of halogens is 7. The molecule has 1 fully saturated rings. The van der Waals surface area contributed by atoms with E-state index in [1.165, 1.54) is 0 Å². The first kappa shape index (κ1) is 25.6. The lowest BCUT2D eigenvalue weighted by atomic mass is 9.95. The van der Waals surface area contributed by atoms with Crippen molar-refractivity contribution in [3.63, 3.8) is 0 Å². The van der Waals surface area contributed by atoms with Crippen LogP contribution in [0.5, 0.6) is 5.75 Å². The lowest BCUT2D eigenvalue weighted by molar-refractivity contribution is -0.143. The highest BCUT2D eigenvalue weighted by Crippen LogP contribution is 2.37. The van der Waals surface area contributed by atoms with Crippen LogP contribution in [0.15, 0.2) is 66.3 Å². The summed E-state index contributed by atoms with van der Waals surface area (Å²) in [5, 5.41) is 0. The Balaban J connectivity index is 1.79. The van der Waals surface area contributed by atoms with Crippen LogP contribution in [0.3, 0.4) is 0 Å². The molecule has 2 unspecified atom stereocenters. The summed E-state index contributed by atoms with van der Waals surface area (Å²) in [4.78, 5) is 0. The van der Waals surface area contributed by atoms with E-state index >= 15 is 0 Å². The molecule has 0 radical (unpaired) electrons. The van der Waals surface area contributed by atoms with Gasteiger partial charge in [-0.05, 0) is 36.0 Å². The van der Waals surface area contributed by atoms with Gasteiger partial charge < -0.3 is 9.47 Å². The number of hydrogen-bond donors (Lipinski definition) is 0. The van der Waals surface area contributed by atoms with Gasteiger partial charge in [-0.3, -0.25) is 0 Å². The topological polar surface area (TPSA) is 18.5 Å².